The Morgan fingerprint density at radius 1 is 0.260 bits per heavy atom. The van der Waals surface area contributed by atoms with Crippen LogP contribution in [0.25, 0.3) is 112 Å². The highest BCUT2D eigenvalue weighted by Crippen LogP contribution is 2.58. The molecule has 1 heterocycles. The van der Waals surface area contributed by atoms with Gasteiger partial charge in [-0.25, -0.2) is 9.97 Å². The van der Waals surface area contributed by atoms with E-state index in [1.165, 1.54) is 267 Å². The van der Waals surface area contributed by atoms with Crippen molar-refractivity contribution >= 4 is 0 Å². The predicted octanol–water partition coefficient (Wildman–Crippen LogP) is 29.8. The van der Waals surface area contributed by atoms with Crippen molar-refractivity contribution in [2.24, 2.45) is 0 Å². The van der Waals surface area contributed by atoms with Crippen molar-refractivity contribution in [3.63, 3.8) is 0 Å². The molecule has 11 aromatic rings. The molecule has 0 saturated carbocycles. The van der Waals surface area contributed by atoms with Gasteiger partial charge in [-0.15, -0.1) is 0 Å². The molecule has 0 N–H and O–H groups in total. The second kappa shape index (κ2) is 35.0. The van der Waals surface area contributed by atoms with Gasteiger partial charge in [-0.05, 0) is 200 Å². The molecular weight excluding hydrogens is 1260 g/mol. The number of nitriles is 1. The minimum Gasteiger partial charge on any atom is -0.228 e. The molecule has 0 bridgehead atoms. The van der Waals surface area contributed by atoms with E-state index in [-0.39, 0.29) is 10.8 Å². The quantitative estimate of drug-likeness (QED) is 0.0368. The number of fused-ring (bicyclic) bond motifs is 6. The summed E-state index contributed by atoms with van der Waals surface area (Å²) in [5.41, 5.74) is 31.9. The first kappa shape index (κ1) is 73.1. The lowest BCUT2D eigenvalue weighted by Gasteiger charge is -2.33. The van der Waals surface area contributed by atoms with Gasteiger partial charge in [0.05, 0.1) is 23.0 Å². The summed E-state index contributed by atoms with van der Waals surface area (Å²) in [5, 5.41) is 10.1. The summed E-state index contributed by atoms with van der Waals surface area (Å²) < 4.78 is 0. The zero-order chi connectivity index (χ0) is 71.7. The number of nitrogens with zero attached hydrogens (tertiary/aromatic N) is 3. The third kappa shape index (κ3) is 16.6. The molecule has 10 aromatic carbocycles. The molecule has 0 atom stereocenters. The van der Waals surface area contributed by atoms with Gasteiger partial charge in [-0.2, -0.15) is 5.26 Å². The van der Waals surface area contributed by atoms with E-state index >= 15 is 0 Å². The number of aryl methyl sites for hydroxylation is 2. The van der Waals surface area contributed by atoms with Gasteiger partial charge in [0, 0.05) is 27.5 Å². The Morgan fingerprint density at radius 2 is 0.577 bits per heavy atom. The molecule has 0 spiro atoms. The smallest absolute Gasteiger partial charge is 0.160 e. The molecule has 2 aliphatic carbocycles. The first-order valence-corrected chi connectivity index (χ1v) is 40.6. The van der Waals surface area contributed by atoms with Gasteiger partial charge in [0.15, 0.2) is 5.82 Å². The zero-order valence-corrected chi connectivity index (χ0v) is 63.5. The van der Waals surface area contributed by atoms with Crippen molar-refractivity contribution in [2.75, 3.05) is 0 Å². The SMILES string of the molecule is CCCCCCCCC1(CCCCCCCC)c2cc(C)ccc2-c2ccc(-c3cc(-c4ccc(C#N)cc4)cc(-c4ccc5c(c4)C(CCCCCCCC)(CCCCCCCC)c4cc(-c6cccc(-c7cc(-c8ccc(-c9ccc(C)cc9)cc8)nc(-c8ccccc8)n7)c6)ccc4-5)c3)cc21. The summed E-state index contributed by atoms with van der Waals surface area (Å²) in [4.78, 5) is 10.6. The fraction of sp³-hybridized carbons (Fsp3) is 0.356. The largest absolute Gasteiger partial charge is 0.228 e. The Balaban J connectivity index is 0.915. The van der Waals surface area contributed by atoms with Crippen LogP contribution in [0.5, 0.6) is 0 Å². The van der Waals surface area contributed by atoms with Crippen molar-refractivity contribution < 1.29 is 0 Å². The molecule has 2 aliphatic rings. The maximum atomic E-state index is 10.1. The van der Waals surface area contributed by atoms with Crippen molar-refractivity contribution in [3.8, 4) is 118 Å². The van der Waals surface area contributed by atoms with Crippen LogP contribution in [0.15, 0.2) is 224 Å². The van der Waals surface area contributed by atoms with Gasteiger partial charge in [0.25, 0.3) is 0 Å². The summed E-state index contributed by atoms with van der Waals surface area (Å²) in [6.45, 7) is 13.8. The number of aromatic nitrogens is 2. The summed E-state index contributed by atoms with van der Waals surface area (Å²) in [6.07, 6.45) is 35.3. The van der Waals surface area contributed by atoms with E-state index in [2.05, 4.69) is 260 Å². The predicted molar refractivity (Wildman–Crippen MR) is 444 cm³/mol. The Kier molecular flexibility index (Phi) is 24.6. The van der Waals surface area contributed by atoms with Crippen LogP contribution in [-0.4, -0.2) is 9.97 Å². The van der Waals surface area contributed by atoms with Crippen LogP contribution in [0.1, 0.15) is 246 Å². The second-order valence-electron chi connectivity index (χ2n) is 30.9. The maximum Gasteiger partial charge on any atom is 0.160 e. The highest BCUT2D eigenvalue weighted by Gasteiger charge is 2.44. The van der Waals surface area contributed by atoms with Gasteiger partial charge in [0.2, 0.25) is 0 Å². The number of hydrogen-bond acceptors (Lipinski definition) is 3. The lowest BCUT2D eigenvalue weighted by molar-refractivity contribution is 0.398. The van der Waals surface area contributed by atoms with Crippen LogP contribution < -0.4 is 0 Å². The lowest BCUT2D eigenvalue weighted by Crippen LogP contribution is -2.25. The topological polar surface area (TPSA) is 49.6 Å². The number of hydrogen-bond donors (Lipinski definition) is 0. The van der Waals surface area contributed by atoms with Crippen LogP contribution in [0.2, 0.25) is 0 Å². The molecule has 0 unspecified atom stereocenters. The second-order valence-corrected chi connectivity index (χ2v) is 30.9. The van der Waals surface area contributed by atoms with Crippen molar-refractivity contribution in [3.05, 3.63) is 263 Å². The van der Waals surface area contributed by atoms with E-state index in [0.717, 1.165) is 52.3 Å². The molecule has 0 aliphatic heterocycles. The fourth-order valence-electron chi connectivity index (χ4n) is 17.6. The minimum absolute atomic E-state index is 0.0348. The van der Waals surface area contributed by atoms with Gasteiger partial charge < -0.3 is 0 Å². The van der Waals surface area contributed by atoms with Crippen LogP contribution in [0.4, 0.5) is 0 Å². The van der Waals surface area contributed by atoms with E-state index in [0.29, 0.717) is 5.56 Å². The van der Waals surface area contributed by atoms with Gasteiger partial charge in [-0.3, -0.25) is 0 Å². The number of unbranched alkanes of at least 4 members (excludes halogenated alkanes) is 20. The molecule has 1 aromatic heterocycles. The minimum atomic E-state index is -0.179. The number of benzene rings is 10. The molecular formula is C101H111N3. The molecule has 3 nitrogen and oxygen atoms in total. The average Bonchev–Trinajstić information content (AvgIpc) is 1.57. The Labute approximate surface area is 624 Å². The van der Waals surface area contributed by atoms with Crippen LogP contribution in [0, 0.1) is 25.2 Å². The molecule has 3 heteroatoms. The molecule has 530 valence electrons. The Hall–Kier alpha value is -9.23. The van der Waals surface area contributed by atoms with E-state index in [1.807, 2.05) is 12.1 Å². The lowest BCUT2D eigenvalue weighted by atomic mass is 9.69. The van der Waals surface area contributed by atoms with E-state index in [4.69, 9.17) is 9.97 Å². The molecule has 13 rings (SSSR count). The summed E-state index contributed by atoms with van der Waals surface area (Å²) in [5.74, 6) is 0.719. The van der Waals surface area contributed by atoms with Crippen LogP contribution in [0.3, 0.4) is 0 Å². The first-order chi connectivity index (χ1) is 51.1. The van der Waals surface area contributed by atoms with E-state index in [9.17, 15) is 5.26 Å². The Bertz CT molecular complexity index is 4660. The van der Waals surface area contributed by atoms with E-state index < -0.39 is 0 Å². The third-order valence-electron chi connectivity index (χ3n) is 23.5. The van der Waals surface area contributed by atoms with Crippen molar-refractivity contribution in [2.45, 2.75) is 232 Å². The zero-order valence-electron chi connectivity index (χ0n) is 63.5. The standard InChI is InChI=1S/C101H111N3/c1-7-11-15-19-23-30-59-100(60-31-24-20-16-12-8-2)93-63-74(6)41-55-89(93)90-57-53-83(69-95(90)100)87-65-86(78-46-42-75(72-102)43-47-78)66-88(67-87)84-54-58-92-91-56-52-82(68-94(91)101(96(92)70-84,61-32-25-21-17-13-9-3)62-33-26-22-18-14-10-4)81-37-34-38-85(64-81)98-71-97(103-99(104-98)80-35-28-27-29-36-80)79-50-48-77(49-51-79)76-44-39-73(5)40-45-76/h27-29,34-58,63-71H,7-26,30-33,59-62H2,1-6H3. The number of rotatable bonds is 36. The summed E-state index contributed by atoms with van der Waals surface area (Å²) in [7, 11) is 0. The van der Waals surface area contributed by atoms with E-state index in [1.54, 1.807) is 5.56 Å². The molecule has 0 amide bonds. The molecule has 104 heavy (non-hydrogen) atoms. The first-order valence-electron chi connectivity index (χ1n) is 40.6. The third-order valence-corrected chi connectivity index (χ3v) is 23.5. The molecule has 0 fully saturated rings. The van der Waals surface area contributed by atoms with Crippen LogP contribution in [-0.2, 0) is 10.8 Å². The van der Waals surface area contributed by atoms with Crippen molar-refractivity contribution in [1.29, 1.82) is 5.26 Å². The van der Waals surface area contributed by atoms with Gasteiger partial charge >= 0.3 is 0 Å². The highest BCUT2D eigenvalue weighted by atomic mass is 14.9. The summed E-state index contributed by atoms with van der Waals surface area (Å²) in [6, 6.07) is 87.6. The summed E-state index contributed by atoms with van der Waals surface area (Å²) >= 11 is 0. The molecule has 0 radical (unpaired) electrons. The fourth-order valence-corrected chi connectivity index (χ4v) is 17.6. The molecule has 0 saturated heterocycles. The average molecular weight is 1370 g/mol. The van der Waals surface area contributed by atoms with Gasteiger partial charge in [0.1, 0.15) is 0 Å². The maximum absolute atomic E-state index is 10.1. The highest BCUT2D eigenvalue weighted by molar-refractivity contribution is 5.90. The Morgan fingerprint density at radius 3 is 1.04 bits per heavy atom. The normalized spacial score (nSPS) is 13.0. The van der Waals surface area contributed by atoms with Crippen molar-refractivity contribution in [1.82, 2.24) is 9.97 Å². The monoisotopic (exact) mass is 1370 g/mol. The van der Waals surface area contributed by atoms with Gasteiger partial charge in [-0.1, -0.05) is 357 Å². The van der Waals surface area contributed by atoms with Crippen LogP contribution >= 0.6 is 0 Å².